The molecule has 0 spiro atoms. The van der Waals surface area contributed by atoms with Crippen LogP contribution in [0.15, 0.2) is 22.7 Å². The fourth-order valence-electron chi connectivity index (χ4n) is 1.04. The molecule has 86 valence electrons. The van der Waals surface area contributed by atoms with E-state index in [0.29, 0.717) is 0 Å². The van der Waals surface area contributed by atoms with E-state index in [9.17, 15) is 0 Å². The Labute approximate surface area is 111 Å². The molecule has 0 heterocycles. The average Bonchev–Trinajstić information content (AvgIpc) is 2.08. The van der Waals surface area contributed by atoms with Crippen molar-refractivity contribution in [3.05, 3.63) is 28.2 Å². The molecule has 0 saturated carbocycles. The standard InChI is InChI=1S/C10H11BrO.2ClH.Ru/c1-7(2)12-10-5-4-9(11)6-8(10)3;;;/h3-7H,1-2H3;2*1H;/q;;;+2/p-2. The number of benzene rings is 1. The molecule has 1 aromatic carbocycles. The Bertz CT molecular complexity index is 376. The van der Waals surface area contributed by atoms with E-state index in [1.165, 1.54) is 0 Å². The number of hydrogen-bond donors (Lipinski definition) is 0. The summed E-state index contributed by atoms with van der Waals surface area (Å²) in [6.07, 6.45) is 0.143. The first-order chi connectivity index (χ1) is 6.99. The van der Waals surface area contributed by atoms with E-state index in [1.54, 1.807) is 0 Å². The van der Waals surface area contributed by atoms with Crippen LogP contribution in [0.3, 0.4) is 0 Å². The third kappa shape index (κ3) is 4.95. The van der Waals surface area contributed by atoms with Crippen molar-refractivity contribution in [2.45, 2.75) is 20.0 Å². The van der Waals surface area contributed by atoms with Crippen LogP contribution in [-0.2, 0) is 13.5 Å². The van der Waals surface area contributed by atoms with Crippen molar-refractivity contribution in [3.63, 3.8) is 0 Å². The zero-order chi connectivity index (χ0) is 11.4. The SMILES string of the molecule is CC(C)Oc1ccc(Br)cc1[CH]=[Ru]([Cl])[Cl]. The predicted octanol–water partition coefficient (Wildman–Crippen LogP) is 4.31. The molecule has 1 aromatic rings. The van der Waals surface area contributed by atoms with Gasteiger partial charge in [0.05, 0.1) is 0 Å². The third-order valence-electron chi connectivity index (χ3n) is 1.52. The minimum absolute atomic E-state index is 0.143. The fourth-order valence-corrected chi connectivity index (χ4v) is 3.21. The van der Waals surface area contributed by atoms with Crippen molar-refractivity contribution in [1.29, 1.82) is 0 Å². The minimum atomic E-state index is -1.81. The molecule has 0 N–H and O–H groups in total. The molecular weight excluding hydrogens is 388 g/mol. The molecule has 0 unspecified atom stereocenters. The maximum absolute atomic E-state index is 5.86. The molecule has 0 aromatic heterocycles. The second-order valence-corrected chi connectivity index (χ2v) is 9.80. The van der Waals surface area contributed by atoms with Gasteiger partial charge in [0.15, 0.2) is 0 Å². The molecule has 5 heteroatoms. The Morgan fingerprint density at radius 1 is 1.40 bits per heavy atom. The first-order valence-corrected chi connectivity index (χ1v) is 10.6. The predicted molar refractivity (Wildman–Crippen MR) is 66.8 cm³/mol. The van der Waals surface area contributed by atoms with Crippen molar-refractivity contribution >= 4 is 39.9 Å². The summed E-state index contributed by atoms with van der Waals surface area (Å²) < 4.78 is 8.53. The Kier molecular flexibility index (Phi) is 5.77. The molecule has 0 aliphatic carbocycles. The number of halogens is 3. The van der Waals surface area contributed by atoms with Gasteiger partial charge < -0.3 is 0 Å². The summed E-state index contributed by atoms with van der Waals surface area (Å²) in [7, 11) is 11.7. The maximum atomic E-state index is 5.86. The zero-order valence-electron chi connectivity index (χ0n) is 8.28. The van der Waals surface area contributed by atoms with Gasteiger partial charge in [0.2, 0.25) is 0 Å². The topological polar surface area (TPSA) is 9.23 Å². The van der Waals surface area contributed by atoms with Crippen LogP contribution in [-0.4, -0.2) is 10.7 Å². The van der Waals surface area contributed by atoms with Crippen molar-refractivity contribution in [3.8, 4) is 5.75 Å². The van der Waals surface area contributed by atoms with Crippen LogP contribution < -0.4 is 4.74 Å². The summed E-state index contributed by atoms with van der Waals surface area (Å²) in [4.78, 5) is 0. The molecule has 0 saturated heterocycles. The molecule has 0 fully saturated rings. The van der Waals surface area contributed by atoms with Crippen LogP contribution in [0.1, 0.15) is 19.4 Å². The van der Waals surface area contributed by atoms with Crippen LogP contribution >= 0.6 is 35.3 Å². The normalized spacial score (nSPS) is 11.5. The molecule has 0 bridgehead atoms. The van der Waals surface area contributed by atoms with Gasteiger partial charge in [-0.3, -0.25) is 0 Å². The van der Waals surface area contributed by atoms with Gasteiger partial charge in [-0.05, 0) is 0 Å². The number of ether oxygens (including phenoxy) is 1. The summed E-state index contributed by atoms with van der Waals surface area (Å²) >= 11 is 1.59. The van der Waals surface area contributed by atoms with Gasteiger partial charge in [-0.15, -0.1) is 0 Å². The molecule has 1 rings (SSSR count). The Hall–Kier alpha value is 0.573. The molecule has 15 heavy (non-hydrogen) atoms. The molecule has 0 aliphatic rings. The first kappa shape index (κ1) is 13.6. The van der Waals surface area contributed by atoms with Crippen molar-refractivity contribution in [1.82, 2.24) is 0 Å². The fraction of sp³-hybridized carbons (Fsp3) is 0.300. The van der Waals surface area contributed by atoms with Gasteiger partial charge in [0.1, 0.15) is 0 Å². The van der Waals surface area contributed by atoms with Crippen LogP contribution in [0.4, 0.5) is 0 Å². The third-order valence-corrected chi connectivity index (χ3v) is 3.85. The van der Waals surface area contributed by atoms with E-state index < -0.39 is 13.5 Å². The van der Waals surface area contributed by atoms with E-state index in [0.717, 1.165) is 15.8 Å². The molecule has 0 amide bonds. The number of rotatable bonds is 3. The van der Waals surface area contributed by atoms with E-state index in [-0.39, 0.29) is 6.10 Å². The molecule has 1 nitrogen and oxygen atoms in total. The van der Waals surface area contributed by atoms with E-state index in [1.807, 2.05) is 36.7 Å². The van der Waals surface area contributed by atoms with Gasteiger partial charge in [-0.1, -0.05) is 0 Å². The van der Waals surface area contributed by atoms with Crippen LogP contribution in [0.5, 0.6) is 5.75 Å². The second kappa shape index (κ2) is 6.34. The van der Waals surface area contributed by atoms with Crippen molar-refractivity contribution in [2.75, 3.05) is 0 Å². The van der Waals surface area contributed by atoms with Crippen molar-refractivity contribution in [2.24, 2.45) is 0 Å². The Morgan fingerprint density at radius 2 is 2.07 bits per heavy atom. The second-order valence-electron chi connectivity index (χ2n) is 3.16. The van der Waals surface area contributed by atoms with Crippen LogP contribution in [0.2, 0.25) is 0 Å². The molecule has 0 radical (unpaired) electrons. The summed E-state index contributed by atoms with van der Waals surface area (Å²) in [5, 5.41) is 0. The zero-order valence-corrected chi connectivity index (χ0v) is 13.1. The Morgan fingerprint density at radius 3 is 2.60 bits per heavy atom. The Balaban J connectivity index is 3.08. The average molecular weight is 399 g/mol. The van der Waals surface area contributed by atoms with Crippen molar-refractivity contribution < 1.29 is 18.3 Å². The van der Waals surface area contributed by atoms with Crippen LogP contribution in [0, 0.1) is 0 Å². The molecule has 0 atom stereocenters. The summed E-state index contributed by atoms with van der Waals surface area (Å²) in [6, 6.07) is 5.82. The first-order valence-electron chi connectivity index (χ1n) is 4.28. The monoisotopic (exact) mass is 398 g/mol. The summed E-state index contributed by atoms with van der Waals surface area (Å²) in [6.45, 7) is 3.98. The van der Waals surface area contributed by atoms with Gasteiger partial charge in [-0.2, -0.15) is 0 Å². The van der Waals surface area contributed by atoms with Gasteiger partial charge in [-0.25, -0.2) is 0 Å². The molecular formula is C10H11BrCl2ORu. The van der Waals surface area contributed by atoms with E-state index in [4.69, 9.17) is 24.1 Å². The van der Waals surface area contributed by atoms with Gasteiger partial charge >= 0.3 is 112 Å². The summed E-state index contributed by atoms with van der Waals surface area (Å²) in [5.41, 5.74) is 0.960. The van der Waals surface area contributed by atoms with E-state index in [2.05, 4.69) is 15.9 Å². The summed E-state index contributed by atoms with van der Waals surface area (Å²) in [5.74, 6) is 0.827. The van der Waals surface area contributed by atoms with Gasteiger partial charge in [0, 0.05) is 0 Å². The number of hydrogen-bond acceptors (Lipinski definition) is 1. The van der Waals surface area contributed by atoms with Crippen LogP contribution in [0.25, 0.3) is 0 Å². The molecule has 0 aliphatic heterocycles. The van der Waals surface area contributed by atoms with E-state index >= 15 is 0 Å². The quantitative estimate of drug-likeness (QED) is 0.689. The van der Waals surface area contributed by atoms with Gasteiger partial charge in [0.25, 0.3) is 0 Å².